The molecule has 5 nitrogen and oxygen atoms in total. The number of carbonyl (C=O) groups excluding carboxylic acids is 1. The molecule has 1 aliphatic carbocycles. The molecule has 3 N–H and O–H groups in total. The van der Waals surface area contributed by atoms with Gasteiger partial charge in [-0.3, -0.25) is 4.79 Å². The monoisotopic (exact) mass is 318 g/mol. The third kappa shape index (κ3) is 4.03. The fourth-order valence-electron chi connectivity index (χ4n) is 3.33. The molecule has 2 aliphatic rings. The van der Waals surface area contributed by atoms with Crippen molar-refractivity contribution in [2.75, 3.05) is 13.2 Å². The Labute approximate surface area is 137 Å². The molecule has 1 aliphatic heterocycles. The van der Waals surface area contributed by atoms with E-state index in [0.29, 0.717) is 13.2 Å². The molecule has 1 saturated heterocycles. The van der Waals surface area contributed by atoms with E-state index in [-0.39, 0.29) is 24.0 Å². The third-order valence-corrected chi connectivity index (χ3v) is 4.76. The average Bonchev–Trinajstić information content (AvgIpc) is 3.18. The van der Waals surface area contributed by atoms with Crippen LogP contribution in [0.2, 0.25) is 0 Å². The molecule has 0 bridgehead atoms. The van der Waals surface area contributed by atoms with Crippen molar-refractivity contribution >= 4 is 5.91 Å². The molecule has 23 heavy (non-hydrogen) atoms. The van der Waals surface area contributed by atoms with Crippen LogP contribution in [0.1, 0.15) is 36.8 Å². The first-order valence-corrected chi connectivity index (χ1v) is 8.50. The number of nitrogens with two attached hydrogens (primary N) is 1. The molecule has 1 aromatic rings. The van der Waals surface area contributed by atoms with Crippen LogP contribution in [0.4, 0.5) is 0 Å². The molecule has 1 aromatic carbocycles. The second-order valence-electron chi connectivity index (χ2n) is 6.63. The van der Waals surface area contributed by atoms with Crippen molar-refractivity contribution in [3.63, 3.8) is 0 Å². The molecular weight excluding hydrogens is 292 g/mol. The van der Waals surface area contributed by atoms with Crippen molar-refractivity contribution in [3.05, 3.63) is 29.3 Å². The van der Waals surface area contributed by atoms with E-state index in [4.69, 9.17) is 15.2 Å². The van der Waals surface area contributed by atoms with Gasteiger partial charge in [0, 0.05) is 24.6 Å². The lowest BCUT2D eigenvalue weighted by atomic mass is 10.0. The summed E-state index contributed by atoms with van der Waals surface area (Å²) < 4.78 is 11.4. The van der Waals surface area contributed by atoms with Gasteiger partial charge in [0.05, 0.1) is 19.1 Å². The highest BCUT2D eigenvalue weighted by Crippen LogP contribution is 2.26. The fourth-order valence-corrected chi connectivity index (χ4v) is 3.33. The standard InChI is InChI=1S/C18H26N2O3/c1-12-5-6-13(17(9-12)23-14-7-8-22-11-14)10-20-18(21)15-3-2-4-16(15)19/h5-6,9,14-16H,2-4,7-8,10-11,19H2,1H3,(H,20,21)/t14-,15-,16-/m1/s1. The van der Waals surface area contributed by atoms with Crippen LogP contribution in [0.5, 0.6) is 5.75 Å². The number of hydrogen-bond donors (Lipinski definition) is 2. The van der Waals surface area contributed by atoms with E-state index in [2.05, 4.69) is 5.32 Å². The molecule has 126 valence electrons. The molecule has 0 radical (unpaired) electrons. The van der Waals surface area contributed by atoms with Crippen LogP contribution in [-0.2, 0) is 16.1 Å². The van der Waals surface area contributed by atoms with Crippen molar-refractivity contribution in [1.82, 2.24) is 5.32 Å². The molecule has 0 aromatic heterocycles. The Bertz CT molecular complexity index is 555. The van der Waals surface area contributed by atoms with Crippen LogP contribution in [0, 0.1) is 12.8 Å². The smallest absolute Gasteiger partial charge is 0.224 e. The summed E-state index contributed by atoms with van der Waals surface area (Å²) in [6.07, 6.45) is 3.90. The van der Waals surface area contributed by atoms with Gasteiger partial charge in [-0.2, -0.15) is 0 Å². The molecule has 2 fully saturated rings. The zero-order chi connectivity index (χ0) is 16.2. The van der Waals surface area contributed by atoms with E-state index in [1.54, 1.807) is 0 Å². The summed E-state index contributed by atoms with van der Waals surface area (Å²) in [5, 5.41) is 3.03. The van der Waals surface area contributed by atoms with E-state index < -0.39 is 0 Å². The SMILES string of the molecule is Cc1ccc(CNC(=O)[C@@H]2CCC[C@H]2N)c(O[C@@H]2CCOC2)c1. The summed E-state index contributed by atoms with van der Waals surface area (Å²) in [5.74, 6) is 0.857. The zero-order valence-electron chi connectivity index (χ0n) is 13.7. The number of nitrogens with one attached hydrogen (secondary N) is 1. The van der Waals surface area contributed by atoms with Crippen LogP contribution >= 0.6 is 0 Å². The summed E-state index contributed by atoms with van der Waals surface area (Å²) in [6.45, 7) is 3.90. The summed E-state index contributed by atoms with van der Waals surface area (Å²) in [6, 6.07) is 6.09. The molecule has 5 heteroatoms. The van der Waals surface area contributed by atoms with Crippen LogP contribution < -0.4 is 15.8 Å². The lowest BCUT2D eigenvalue weighted by molar-refractivity contribution is -0.125. The van der Waals surface area contributed by atoms with Gasteiger partial charge in [0.1, 0.15) is 11.9 Å². The minimum Gasteiger partial charge on any atom is -0.488 e. The van der Waals surface area contributed by atoms with Crippen molar-refractivity contribution in [2.24, 2.45) is 11.7 Å². The maximum Gasteiger partial charge on any atom is 0.224 e. The quantitative estimate of drug-likeness (QED) is 0.870. The molecule has 3 atom stereocenters. The van der Waals surface area contributed by atoms with Gasteiger partial charge >= 0.3 is 0 Å². The Morgan fingerprint density at radius 2 is 2.26 bits per heavy atom. The average molecular weight is 318 g/mol. The zero-order valence-corrected chi connectivity index (χ0v) is 13.7. The Balaban J connectivity index is 1.63. The first kappa shape index (κ1) is 16.3. The third-order valence-electron chi connectivity index (χ3n) is 4.76. The fraction of sp³-hybridized carbons (Fsp3) is 0.611. The summed E-state index contributed by atoms with van der Waals surface area (Å²) in [7, 11) is 0. The first-order chi connectivity index (χ1) is 11.1. The Morgan fingerprint density at radius 1 is 1.39 bits per heavy atom. The predicted octanol–water partition coefficient (Wildman–Crippen LogP) is 1.91. The highest BCUT2D eigenvalue weighted by atomic mass is 16.5. The Morgan fingerprint density at radius 3 is 2.96 bits per heavy atom. The lowest BCUT2D eigenvalue weighted by Gasteiger charge is -2.18. The van der Waals surface area contributed by atoms with Gasteiger partial charge in [0.25, 0.3) is 0 Å². The van der Waals surface area contributed by atoms with Gasteiger partial charge in [-0.25, -0.2) is 0 Å². The van der Waals surface area contributed by atoms with Crippen molar-refractivity contribution < 1.29 is 14.3 Å². The van der Waals surface area contributed by atoms with Crippen LogP contribution in [0.25, 0.3) is 0 Å². The highest BCUT2D eigenvalue weighted by molar-refractivity contribution is 5.79. The normalized spacial score (nSPS) is 27.1. The van der Waals surface area contributed by atoms with Crippen molar-refractivity contribution in [1.29, 1.82) is 0 Å². The van der Waals surface area contributed by atoms with E-state index in [1.807, 2.05) is 25.1 Å². The summed E-state index contributed by atoms with van der Waals surface area (Å²) in [5.41, 5.74) is 8.16. The lowest BCUT2D eigenvalue weighted by Crippen LogP contribution is -2.38. The van der Waals surface area contributed by atoms with Crippen LogP contribution in [-0.4, -0.2) is 31.3 Å². The predicted molar refractivity (Wildman–Crippen MR) is 88.2 cm³/mol. The Hall–Kier alpha value is -1.59. The maximum absolute atomic E-state index is 12.3. The van der Waals surface area contributed by atoms with Gasteiger partial charge in [0.15, 0.2) is 0 Å². The second kappa shape index (κ2) is 7.32. The molecule has 1 amide bonds. The van der Waals surface area contributed by atoms with E-state index >= 15 is 0 Å². The second-order valence-corrected chi connectivity index (χ2v) is 6.63. The van der Waals surface area contributed by atoms with E-state index in [1.165, 1.54) is 0 Å². The number of ether oxygens (including phenoxy) is 2. The number of amides is 1. The topological polar surface area (TPSA) is 73.6 Å². The number of rotatable bonds is 5. The maximum atomic E-state index is 12.3. The largest absolute Gasteiger partial charge is 0.488 e. The minimum atomic E-state index is -0.0481. The van der Waals surface area contributed by atoms with Crippen LogP contribution in [0.15, 0.2) is 18.2 Å². The van der Waals surface area contributed by atoms with E-state index in [9.17, 15) is 4.79 Å². The molecule has 3 rings (SSSR count). The van der Waals surface area contributed by atoms with Gasteiger partial charge in [-0.15, -0.1) is 0 Å². The van der Waals surface area contributed by atoms with Gasteiger partial charge < -0.3 is 20.5 Å². The van der Waals surface area contributed by atoms with Crippen LogP contribution in [0.3, 0.4) is 0 Å². The highest BCUT2D eigenvalue weighted by Gasteiger charge is 2.30. The van der Waals surface area contributed by atoms with Gasteiger partial charge in [-0.05, 0) is 31.4 Å². The first-order valence-electron chi connectivity index (χ1n) is 8.50. The number of hydrogen-bond acceptors (Lipinski definition) is 4. The minimum absolute atomic E-state index is 0.000578. The Kier molecular flexibility index (Phi) is 5.18. The van der Waals surface area contributed by atoms with Crippen molar-refractivity contribution in [3.8, 4) is 5.75 Å². The van der Waals surface area contributed by atoms with E-state index in [0.717, 1.165) is 49.2 Å². The molecule has 0 spiro atoms. The van der Waals surface area contributed by atoms with Crippen molar-refractivity contribution in [2.45, 2.75) is 51.3 Å². The number of aryl methyl sites for hydroxylation is 1. The van der Waals surface area contributed by atoms with Gasteiger partial charge in [0.2, 0.25) is 5.91 Å². The number of benzene rings is 1. The van der Waals surface area contributed by atoms with Gasteiger partial charge in [-0.1, -0.05) is 18.6 Å². The summed E-state index contributed by atoms with van der Waals surface area (Å²) in [4.78, 5) is 12.3. The molecule has 1 saturated carbocycles. The number of carbonyl (C=O) groups is 1. The molecular formula is C18H26N2O3. The summed E-state index contributed by atoms with van der Waals surface area (Å²) >= 11 is 0. The molecule has 1 heterocycles. The molecule has 0 unspecified atom stereocenters.